The molecule has 106 valence electrons. The van der Waals surface area contributed by atoms with Crippen molar-refractivity contribution >= 4 is 12.4 Å². The summed E-state index contributed by atoms with van der Waals surface area (Å²) < 4.78 is 5.25. The van der Waals surface area contributed by atoms with Crippen molar-refractivity contribution < 1.29 is 4.74 Å². The Kier molecular flexibility index (Phi) is 4.54. The maximum Gasteiger partial charge on any atom is 0.0713 e. The average molecular weight is 282 g/mol. The lowest BCUT2D eigenvalue weighted by atomic mass is 9.72. The van der Waals surface area contributed by atoms with Crippen LogP contribution in [-0.4, -0.2) is 13.7 Å². The maximum atomic E-state index is 5.25. The molecule has 19 heavy (non-hydrogen) atoms. The molecule has 1 aliphatic heterocycles. The molecule has 3 rings (SSSR count). The first-order chi connectivity index (χ1) is 8.79. The molecule has 1 fully saturated rings. The molecule has 2 aliphatic rings. The number of nitrogens with one attached hydrogen (secondary N) is 1. The Hall–Kier alpha value is -0.570. The van der Waals surface area contributed by atoms with Gasteiger partial charge >= 0.3 is 0 Å². The molecule has 0 radical (unpaired) electrons. The number of ether oxygens (including phenoxy) is 1. The van der Waals surface area contributed by atoms with Crippen molar-refractivity contribution in [2.24, 2.45) is 5.41 Å². The van der Waals surface area contributed by atoms with Crippen molar-refractivity contribution in [3.8, 4) is 0 Å². The summed E-state index contributed by atoms with van der Waals surface area (Å²) in [5.74, 6) is 0. The molecule has 0 aromatic heterocycles. The van der Waals surface area contributed by atoms with E-state index < -0.39 is 0 Å². The second-order valence-electron chi connectivity index (χ2n) is 5.85. The van der Waals surface area contributed by atoms with Crippen LogP contribution < -0.4 is 5.32 Å². The fourth-order valence-electron chi connectivity index (χ4n) is 3.89. The van der Waals surface area contributed by atoms with Crippen LogP contribution in [0, 0.1) is 5.41 Å². The summed E-state index contributed by atoms with van der Waals surface area (Å²) in [4.78, 5) is 0. The summed E-state index contributed by atoms with van der Waals surface area (Å²) in [5, 5.41) is 3.76. The standard InChI is InChI=1S/C16H23NO.ClH/c1-3-16-7-4-8-17-15(16)14-9-12(11-18-2)5-6-13(14)10-16;/h5-6,9,15,17H,3-4,7-8,10-11H2,1-2H3;1H. The summed E-state index contributed by atoms with van der Waals surface area (Å²) in [6.07, 6.45) is 5.22. The fourth-order valence-corrected chi connectivity index (χ4v) is 3.89. The minimum Gasteiger partial charge on any atom is -0.380 e. The third-order valence-corrected chi connectivity index (χ3v) is 4.89. The van der Waals surface area contributed by atoms with Crippen LogP contribution in [0.25, 0.3) is 0 Å². The lowest BCUT2D eigenvalue weighted by Gasteiger charge is -2.40. The van der Waals surface area contributed by atoms with Crippen molar-refractivity contribution in [1.29, 1.82) is 0 Å². The monoisotopic (exact) mass is 281 g/mol. The van der Waals surface area contributed by atoms with Gasteiger partial charge in [-0.05, 0) is 54.3 Å². The first-order valence-electron chi connectivity index (χ1n) is 7.13. The lowest BCUT2D eigenvalue weighted by Crippen LogP contribution is -2.40. The molecule has 2 nitrogen and oxygen atoms in total. The molecule has 0 amide bonds. The highest BCUT2D eigenvalue weighted by molar-refractivity contribution is 5.85. The molecule has 0 spiro atoms. The molecule has 2 unspecified atom stereocenters. The van der Waals surface area contributed by atoms with Gasteiger partial charge in [-0.1, -0.05) is 25.1 Å². The fraction of sp³-hybridized carbons (Fsp3) is 0.625. The van der Waals surface area contributed by atoms with Gasteiger partial charge in [0.2, 0.25) is 0 Å². The molecule has 1 saturated heterocycles. The molecule has 3 heteroatoms. The van der Waals surface area contributed by atoms with E-state index in [1.165, 1.54) is 43.4 Å². The Morgan fingerprint density at radius 2 is 2.26 bits per heavy atom. The Labute approximate surface area is 122 Å². The van der Waals surface area contributed by atoms with E-state index in [2.05, 4.69) is 30.4 Å². The van der Waals surface area contributed by atoms with Gasteiger partial charge in [0, 0.05) is 13.2 Å². The minimum atomic E-state index is 0. The Bertz CT molecular complexity index is 448. The maximum absolute atomic E-state index is 5.25. The lowest BCUT2D eigenvalue weighted by molar-refractivity contribution is 0.146. The molecule has 1 aliphatic carbocycles. The molecule has 1 heterocycles. The third-order valence-electron chi connectivity index (χ3n) is 4.89. The topological polar surface area (TPSA) is 21.3 Å². The van der Waals surface area contributed by atoms with E-state index in [-0.39, 0.29) is 12.4 Å². The van der Waals surface area contributed by atoms with Gasteiger partial charge in [-0.15, -0.1) is 12.4 Å². The third kappa shape index (κ3) is 2.42. The van der Waals surface area contributed by atoms with Crippen LogP contribution in [0.3, 0.4) is 0 Å². The molecule has 0 saturated carbocycles. The first-order valence-corrected chi connectivity index (χ1v) is 7.13. The predicted molar refractivity (Wildman–Crippen MR) is 80.8 cm³/mol. The van der Waals surface area contributed by atoms with Crippen molar-refractivity contribution in [2.75, 3.05) is 13.7 Å². The van der Waals surface area contributed by atoms with E-state index in [4.69, 9.17) is 4.74 Å². The second kappa shape index (κ2) is 5.82. The van der Waals surface area contributed by atoms with Gasteiger partial charge in [-0.2, -0.15) is 0 Å². The molecule has 2 atom stereocenters. The van der Waals surface area contributed by atoms with Crippen molar-refractivity contribution in [3.05, 3.63) is 34.9 Å². The summed E-state index contributed by atoms with van der Waals surface area (Å²) in [5.41, 5.74) is 4.87. The first kappa shape index (κ1) is 14.8. The number of hydrogen-bond acceptors (Lipinski definition) is 2. The van der Waals surface area contributed by atoms with Crippen LogP contribution >= 0.6 is 12.4 Å². The zero-order chi connectivity index (χ0) is 12.6. The van der Waals surface area contributed by atoms with Gasteiger partial charge in [0.25, 0.3) is 0 Å². The van der Waals surface area contributed by atoms with Crippen LogP contribution in [0.15, 0.2) is 18.2 Å². The van der Waals surface area contributed by atoms with E-state index in [0.29, 0.717) is 11.5 Å². The van der Waals surface area contributed by atoms with Gasteiger partial charge in [0.05, 0.1) is 6.61 Å². The zero-order valence-electron chi connectivity index (χ0n) is 11.9. The van der Waals surface area contributed by atoms with Crippen LogP contribution in [0.2, 0.25) is 0 Å². The van der Waals surface area contributed by atoms with E-state index in [0.717, 1.165) is 6.61 Å². The normalized spacial score (nSPS) is 28.4. The zero-order valence-corrected chi connectivity index (χ0v) is 12.7. The highest BCUT2D eigenvalue weighted by Gasteiger charge is 2.45. The largest absolute Gasteiger partial charge is 0.380 e. The number of halogens is 1. The van der Waals surface area contributed by atoms with Crippen LogP contribution in [-0.2, 0) is 17.8 Å². The molecule has 0 bridgehead atoms. The van der Waals surface area contributed by atoms with Crippen LogP contribution in [0.1, 0.15) is 48.9 Å². The van der Waals surface area contributed by atoms with Gasteiger partial charge in [0.15, 0.2) is 0 Å². The van der Waals surface area contributed by atoms with Crippen molar-refractivity contribution in [3.63, 3.8) is 0 Å². The Morgan fingerprint density at radius 3 is 3.00 bits per heavy atom. The second-order valence-corrected chi connectivity index (χ2v) is 5.85. The number of benzene rings is 1. The van der Waals surface area contributed by atoms with Crippen molar-refractivity contribution in [1.82, 2.24) is 5.32 Å². The molecule has 1 N–H and O–H groups in total. The van der Waals surface area contributed by atoms with Crippen LogP contribution in [0.5, 0.6) is 0 Å². The highest BCUT2D eigenvalue weighted by Crippen LogP contribution is 2.52. The molecule has 1 aromatic rings. The van der Waals surface area contributed by atoms with Gasteiger partial charge < -0.3 is 10.1 Å². The number of hydrogen-bond donors (Lipinski definition) is 1. The summed E-state index contributed by atoms with van der Waals surface area (Å²) in [6, 6.07) is 7.48. The average Bonchev–Trinajstić information content (AvgIpc) is 2.74. The van der Waals surface area contributed by atoms with E-state index in [1.807, 2.05) is 0 Å². The quantitative estimate of drug-likeness (QED) is 0.913. The number of rotatable bonds is 3. The van der Waals surface area contributed by atoms with Crippen LogP contribution in [0.4, 0.5) is 0 Å². The Balaban J connectivity index is 0.00000133. The SMILES string of the molecule is CCC12CCCNC1c1cc(COC)ccc1C2.Cl. The molecule has 1 aromatic carbocycles. The van der Waals surface area contributed by atoms with Crippen molar-refractivity contribution in [2.45, 2.75) is 45.3 Å². The predicted octanol–water partition coefficient (Wildman–Crippen LogP) is 3.63. The van der Waals surface area contributed by atoms with E-state index in [9.17, 15) is 0 Å². The summed E-state index contributed by atoms with van der Waals surface area (Å²) >= 11 is 0. The smallest absolute Gasteiger partial charge is 0.0713 e. The highest BCUT2D eigenvalue weighted by atomic mass is 35.5. The van der Waals surface area contributed by atoms with Gasteiger partial charge in [-0.25, -0.2) is 0 Å². The summed E-state index contributed by atoms with van der Waals surface area (Å²) in [7, 11) is 1.77. The van der Waals surface area contributed by atoms with Gasteiger partial charge in [-0.3, -0.25) is 0 Å². The number of methoxy groups -OCH3 is 1. The molecular weight excluding hydrogens is 258 g/mol. The van der Waals surface area contributed by atoms with Gasteiger partial charge in [0.1, 0.15) is 0 Å². The molecular formula is C16H24ClNO. The Morgan fingerprint density at radius 1 is 1.42 bits per heavy atom. The van der Waals surface area contributed by atoms with E-state index in [1.54, 1.807) is 12.7 Å². The number of fused-ring (bicyclic) bond motifs is 3. The van der Waals surface area contributed by atoms with E-state index >= 15 is 0 Å². The number of piperidine rings is 1. The summed E-state index contributed by atoms with van der Waals surface area (Å²) in [6.45, 7) is 4.24. The minimum absolute atomic E-state index is 0.